The van der Waals surface area contributed by atoms with Crippen molar-refractivity contribution in [3.05, 3.63) is 28.9 Å². The second-order valence-corrected chi connectivity index (χ2v) is 4.39. The molecule has 0 aliphatic carbocycles. The number of ether oxygens (including phenoxy) is 1. The minimum atomic E-state index is 0.314. The summed E-state index contributed by atoms with van der Waals surface area (Å²) in [7, 11) is 1.57. The van der Waals surface area contributed by atoms with Gasteiger partial charge in [0.1, 0.15) is 23.4 Å². The molecule has 86 valence electrons. The van der Waals surface area contributed by atoms with Crippen LogP contribution in [0.5, 0.6) is 0 Å². The summed E-state index contributed by atoms with van der Waals surface area (Å²) in [5.41, 5.74) is 6.42. The first-order valence-corrected chi connectivity index (χ1v) is 5.67. The van der Waals surface area contributed by atoms with Gasteiger partial charge >= 0.3 is 0 Å². The van der Waals surface area contributed by atoms with Crippen molar-refractivity contribution in [2.45, 2.75) is 6.61 Å². The minimum Gasteiger partial charge on any atom is -0.384 e. The fourth-order valence-electron chi connectivity index (χ4n) is 1.37. The van der Waals surface area contributed by atoms with Crippen molar-refractivity contribution in [2.75, 3.05) is 12.8 Å². The van der Waals surface area contributed by atoms with E-state index in [1.54, 1.807) is 19.2 Å². The van der Waals surface area contributed by atoms with Gasteiger partial charge < -0.3 is 10.5 Å². The molecule has 6 heteroatoms. The van der Waals surface area contributed by atoms with Gasteiger partial charge in [-0.1, -0.05) is 0 Å². The molecule has 2 aromatic heterocycles. The number of methoxy groups -OCH3 is 1. The molecule has 0 bridgehead atoms. The highest BCUT2D eigenvalue weighted by Gasteiger charge is 2.07. The molecule has 0 atom stereocenters. The monoisotopic (exact) mass is 246 g/mol. The van der Waals surface area contributed by atoms with Gasteiger partial charge in [-0.15, -0.1) is 11.3 Å². The summed E-state index contributed by atoms with van der Waals surface area (Å²) < 4.78 is 4.97. The fourth-order valence-corrected chi connectivity index (χ4v) is 2.14. The van der Waals surface area contributed by atoms with E-state index in [9.17, 15) is 0 Å². The Balaban J connectivity index is 2.41. The molecule has 0 amide bonds. The van der Waals surface area contributed by atoms with E-state index in [-0.39, 0.29) is 0 Å². The first-order chi connectivity index (χ1) is 8.22. The van der Waals surface area contributed by atoms with Gasteiger partial charge in [0.05, 0.1) is 10.6 Å². The highest BCUT2D eigenvalue weighted by atomic mass is 32.1. The van der Waals surface area contributed by atoms with Crippen LogP contribution >= 0.6 is 11.3 Å². The van der Waals surface area contributed by atoms with E-state index in [0.717, 1.165) is 10.6 Å². The van der Waals surface area contributed by atoms with Gasteiger partial charge in [0, 0.05) is 13.2 Å². The van der Waals surface area contributed by atoms with Crippen molar-refractivity contribution >= 4 is 17.2 Å². The maximum atomic E-state index is 8.77. The normalized spacial score (nSPS) is 10.1. The van der Waals surface area contributed by atoms with Crippen LogP contribution in [0.2, 0.25) is 0 Å². The van der Waals surface area contributed by atoms with E-state index in [0.29, 0.717) is 23.1 Å². The third-order valence-corrected chi connectivity index (χ3v) is 3.05. The number of nitriles is 1. The van der Waals surface area contributed by atoms with Gasteiger partial charge in [0.15, 0.2) is 5.82 Å². The molecule has 0 saturated heterocycles. The number of rotatable bonds is 3. The van der Waals surface area contributed by atoms with Crippen LogP contribution in [-0.2, 0) is 11.3 Å². The largest absolute Gasteiger partial charge is 0.384 e. The average Bonchev–Trinajstić information content (AvgIpc) is 2.77. The molecule has 0 aliphatic rings. The lowest BCUT2D eigenvalue weighted by molar-refractivity contribution is 0.178. The number of nitrogens with two attached hydrogens (primary N) is 1. The van der Waals surface area contributed by atoms with Crippen molar-refractivity contribution < 1.29 is 4.74 Å². The van der Waals surface area contributed by atoms with Gasteiger partial charge in [-0.3, -0.25) is 0 Å². The molecular formula is C11H10N4OS. The maximum absolute atomic E-state index is 8.77. The molecule has 0 saturated carbocycles. The summed E-state index contributed by atoms with van der Waals surface area (Å²) in [6.07, 6.45) is 0. The van der Waals surface area contributed by atoms with E-state index in [4.69, 9.17) is 15.7 Å². The van der Waals surface area contributed by atoms with Crippen LogP contribution in [0, 0.1) is 11.3 Å². The molecule has 2 N–H and O–H groups in total. The molecule has 17 heavy (non-hydrogen) atoms. The highest BCUT2D eigenvalue weighted by molar-refractivity contribution is 7.15. The summed E-state index contributed by atoms with van der Waals surface area (Å²) in [5, 5.41) is 8.77. The smallest absolute Gasteiger partial charge is 0.157 e. The van der Waals surface area contributed by atoms with Crippen molar-refractivity contribution in [3.63, 3.8) is 0 Å². The van der Waals surface area contributed by atoms with Crippen molar-refractivity contribution in [3.8, 4) is 16.6 Å². The summed E-state index contributed by atoms with van der Waals surface area (Å²) in [5.74, 6) is 0.934. The SMILES string of the molecule is COCc1nc(N)cc(-c2ccc(C#N)s2)n1. The number of hydrogen-bond donors (Lipinski definition) is 1. The van der Waals surface area contributed by atoms with Gasteiger partial charge in [0.25, 0.3) is 0 Å². The van der Waals surface area contributed by atoms with Crippen molar-refractivity contribution in [1.29, 1.82) is 5.26 Å². The summed E-state index contributed by atoms with van der Waals surface area (Å²) in [4.78, 5) is 9.92. The second-order valence-electron chi connectivity index (χ2n) is 3.30. The van der Waals surface area contributed by atoms with Crippen LogP contribution in [0.4, 0.5) is 5.82 Å². The molecule has 0 fully saturated rings. The van der Waals surface area contributed by atoms with Gasteiger partial charge in [0.2, 0.25) is 0 Å². The summed E-state index contributed by atoms with van der Waals surface area (Å²) >= 11 is 1.37. The van der Waals surface area contributed by atoms with E-state index in [1.807, 2.05) is 6.07 Å². The van der Waals surface area contributed by atoms with E-state index in [2.05, 4.69) is 16.0 Å². The van der Waals surface area contributed by atoms with Crippen LogP contribution in [0.1, 0.15) is 10.7 Å². The number of aromatic nitrogens is 2. The fraction of sp³-hybridized carbons (Fsp3) is 0.182. The van der Waals surface area contributed by atoms with E-state index >= 15 is 0 Å². The highest BCUT2D eigenvalue weighted by Crippen LogP contribution is 2.27. The molecule has 0 spiro atoms. The number of thiophene rings is 1. The average molecular weight is 246 g/mol. The molecule has 5 nitrogen and oxygen atoms in total. The summed E-state index contributed by atoms with van der Waals surface area (Å²) in [6.45, 7) is 0.314. The summed E-state index contributed by atoms with van der Waals surface area (Å²) in [6, 6.07) is 7.38. The topological polar surface area (TPSA) is 84.8 Å². The minimum absolute atomic E-state index is 0.314. The van der Waals surface area contributed by atoms with Crippen LogP contribution in [0.15, 0.2) is 18.2 Å². The molecule has 0 radical (unpaired) electrons. The lowest BCUT2D eigenvalue weighted by Gasteiger charge is -2.03. The van der Waals surface area contributed by atoms with Crippen LogP contribution in [0.25, 0.3) is 10.6 Å². The van der Waals surface area contributed by atoms with Crippen molar-refractivity contribution in [2.24, 2.45) is 0 Å². The van der Waals surface area contributed by atoms with Gasteiger partial charge in [-0.25, -0.2) is 9.97 Å². The van der Waals surface area contributed by atoms with E-state index < -0.39 is 0 Å². The van der Waals surface area contributed by atoms with Crippen LogP contribution < -0.4 is 5.73 Å². The Hall–Kier alpha value is -1.97. The molecular weight excluding hydrogens is 236 g/mol. The molecule has 0 unspecified atom stereocenters. The Labute approximate surface area is 103 Å². The van der Waals surface area contributed by atoms with Crippen molar-refractivity contribution in [1.82, 2.24) is 9.97 Å². The zero-order valence-corrected chi connectivity index (χ0v) is 9.99. The molecule has 0 aromatic carbocycles. The zero-order chi connectivity index (χ0) is 12.3. The zero-order valence-electron chi connectivity index (χ0n) is 9.17. The molecule has 2 rings (SSSR count). The second kappa shape index (κ2) is 4.91. The first kappa shape index (κ1) is 11.5. The third kappa shape index (κ3) is 2.58. The predicted octanol–water partition coefficient (Wildman–Crippen LogP) is 1.81. The standard InChI is InChI=1S/C11H10N4OS/c1-16-6-11-14-8(4-10(13)15-11)9-3-2-7(5-12)17-9/h2-4H,6H2,1H3,(H2,13,14,15). The van der Waals surface area contributed by atoms with Gasteiger partial charge in [-0.05, 0) is 12.1 Å². The number of nitrogens with zero attached hydrogens (tertiary/aromatic N) is 3. The Bertz CT molecular complexity index is 573. The lowest BCUT2D eigenvalue weighted by atomic mass is 10.3. The maximum Gasteiger partial charge on any atom is 0.157 e. The Kier molecular flexibility index (Phi) is 3.32. The Morgan fingerprint density at radius 2 is 2.29 bits per heavy atom. The number of anilines is 1. The van der Waals surface area contributed by atoms with Crippen LogP contribution in [-0.4, -0.2) is 17.1 Å². The van der Waals surface area contributed by atoms with E-state index in [1.165, 1.54) is 11.3 Å². The molecule has 2 heterocycles. The number of nitrogen functional groups attached to an aromatic ring is 1. The lowest BCUT2D eigenvalue weighted by Crippen LogP contribution is -2.01. The molecule has 0 aliphatic heterocycles. The Morgan fingerprint density at radius 1 is 1.47 bits per heavy atom. The quantitative estimate of drug-likeness (QED) is 0.892. The first-order valence-electron chi connectivity index (χ1n) is 4.85. The number of hydrogen-bond acceptors (Lipinski definition) is 6. The molecule has 2 aromatic rings. The predicted molar refractivity (Wildman–Crippen MR) is 65.2 cm³/mol. The van der Waals surface area contributed by atoms with Crippen LogP contribution in [0.3, 0.4) is 0 Å². The third-order valence-electron chi connectivity index (χ3n) is 2.03. The van der Waals surface area contributed by atoms with Gasteiger partial charge in [-0.2, -0.15) is 5.26 Å². The Morgan fingerprint density at radius 3 is 2.94 bits per heavy atom.